The van der Waals surface area contributed by atoms with Crippen molar-refractivity contribution in [2.75, 3.05) is 4.72 Å². The highest BCUT2D eigenvalue weighted by atomic mass is 35.5. The third-order valence-corrected chi connectivity index (χ3v) is 6.81. The number of nitrogens with zero attached hydrogens (tertiary/aromatic N) is 2. The largest absolute Gasteiger partial charge is 0.387 e. The molecule has 0 aliphatic rings. The Morgan fingerprint density at radius 2 is 1.93 bits per heavy atom. The van der Waals surface area contributed by atoms with Gasteiger partial charge < -0.3 is 22.0 Å². The molecule has 11 nitrogen and oxygen atoms in total. The summed E-state index contributed by atoms with van der Waals surface area (Å²) in [4.78, 5) is 30.0. The standard InChI is InChI=1S/C15H19ClN6O5S2/c1-7-3-4-9(21-29(25,26)11-6-5-10(16)28-11)14(24)22(7)12(13(17)23)8(2)27-20-15(18)19/h3-6,8,12,21H,1-2H3,(H2,17,23)(H4,18,19,20). The maximum atomic E-state index is 13.0. The number of oxime groups is 1. The highest BCUT2D eigenvalue weighted by Gasteiger charge is 2.30. The van der Waals surface area contributed by atoms with Gasteiger partial charge in [-0.1, -0.05) is 11.6 Å². The number of carbonyl (C=O) groups is 1. The molecular weight excluding hydrogens is 444 g/mol. The van der Waals surface area contributed by atoms with Crippen molar-refractivity contribution < 1.29 is 18.0 Å². The molecule has 2 atom stereocenters. The number of thiophene rings is 1. The predicted octanol–water partition coefficient (Wildman–Crippen LogP) is 0.292. The van der Waals surface area contributed by atoms with Gasteiger partial charge in [-0.3, -0.25) is 18.9 Å². The van der Waals surface area contributed by atoms with Crippen LogP contribution in [0.15, 0.2) is 38.4 Å². The van der Waals surface area contributed by atoms with Crippen LogP contribution in [-0.4, -0.2) is 31.0 Å². The van der Waals surface area contributed by atoms with Gasteiger partial charge in [0.05, 0.1) is 4.34 Å². The van der Waals surface area contributed by atoms with Crippen LogP contribution >= 0.6 is 22.9 Å². The van der Waals surface area contributed by atoms with E-state index < -0.39 is 33.6 Å². The molecule has 0 saturated carbocycles. The van der Waals surface area contributed by atoms with E-state index in [0.717, 1.165) is 15.9 Å². The number of nitrogens with one attached hydrogen (secondary N) is 1. The molecule has 14 heteroatoms. The number of primary amides is 1. The number of hydrogen-bond acceptors (Lipinski definition) is 7. The number of aryl methyl sites for hydroxylation is 1. The first-order valence-corrected chi connectivity index (χ1v) is 10.7. The van der Waals surface area contributed by atoms with Crippen molar-refractivity contribution in [2.45, 2.75) is 30.2 Å². The second-order valence-corrected chi connectivity index (χ2v) is 9.53. The number of halogens is 1. The van der Waals surface area contributed by atoms with Gasteiger partial charge in [-0.25, -0.2) is 8.42 Å². The van der Waals surface area contributed by atoms with Gasteiger partial charge in [0.2, 0.25) is 11.9 Å². The van der Waals surface area contributed by atoms with Gasteiger partial charge in [0.25, 0.3) is 15.6 Å². The summed E-state index contributed by atoms with van der Waals surface area (Å²) in [5.74, 6) is -1.29. The molecule has 0 aliphatic heterocycles. The molecule has 0 aliphatic carbocycles. The van der Waals surface area contributed by atoms with Crippen molar-refractivity contribution >= 4 is 50.5 Å². The third kappa shape index (κ3) is 5.19. The lowest BCUT2D eigenvalue weighted by atomic mass is 10.1. The number of sulfonamides is 1. The Morgan fingerprint density at radius 1 is 1.28 bits per heavy atom. The Bertz CT molecular complexity index is 1110. The van der Waals surface area contributed by atoms with E-state index >= 15 is 0 Å². The van der Waals surface area contributed by atoms with Crippen LogP contribution in [0.4, 0.5) is 5.69 Å². The number of aromatic nitrogens is 1. The Labute approximate surface area is 175 Å². The molecule has 29 heavy (non-hydrogen) atoms. The fraction of sp³-hybridized carbons (Fsp3) is 0.267. The van der Waals surface area contributed by atoms with Gasteiger partial charge >= 0.3 is 0 Å². The zero-order valence-corrected chi connectivity index (χ0v) is 17.7. The summed E-state index contributed by atoms with van der Waals surface area (Å²) >= 11 is 6.60. The quantitative estimate of drug-likeness (QED) is 0.246. The van der Waals surface area contributed by atoms with Crippen LogP contribution in [0.5, 0.6) is 0 Å². The number of pyridine rings is 1. The summed E-state index contributed by atoms with van der Waals surface area (Å²) in [6.45, 7) is 2.97. The zero-order chi connectivity index (χ0) is 21.9. The summed E-state index contributed by atoms with van der Waals surface area (Å²) in [5.41, 5.74) is 15.1. The van der Waals surface area contributed by atoms with Gasteiger partial charge in [0.1, 0.15) is 9.90 Å². The van der Waals surface area contributed by atoms with E-state index in [1.165, 1.54) is 31.2 Å². The van der Waals surface area contributed by atoms with Crippen molar-refractivity contribution in [2.24, 2.45) is 22.4 Å². The molecule has 0 fully saturated rings. The Morgan fingerprint density at radius 3 is 2.45 bits per heavy atom. The fourth-order valence-electron chi connectivity index (χ4n) is 2.48. The molecule has 1 amide bonds. The lowest BCUT2D eigenvalue weighted by Crippen LogP contribution is -2.42. The SMILES string of the molecule is Cc1ccc(NS(=O)(=O)c2ccc(Cl)s2)c(=O)n1C(C(N)=O)C(C)ON=C(N)N. The van der Waals surface area contributed by atoms with Crippen molar-refractivity contribution in [3.8, 4) is 0 Å². The summed E-state index contributed by atoms with van der Waals surface area (Å²) < 4.78 is 28.4. The molecule has 0 spiro atoms. The summed E-state index contributed by atoms with van der Waals surface area (Å²) in [6.07, 6.45) is -1.03. The molecule has 2 aromatic heterocycles. The zero-order valence-electron chi connectivity index (χ0n) is 15.3. The average Bonchev–Trinajstić information content (AvgIpc) is 3.06. The molecule has 7 N–H and O–H groups in total. The van der Waals surface area contributed by atoms with E-state index in [1.807, 2.05) is 0 Å². The summed E-state index contributed by atoms with van der Waals surface area (Å²) in [7, 11) is -4.06. The number of carbonyl (C=O) groups excluding carboxylic acids is 1. The molecule has 2 aromatic rings. The normalized spacial score (nSPS) is 13.3. The van der Waals surface area contributed by atoms with Gasteiger partial charge in [0, 0.05) is 5.69 Å². The van der Waals surface area contributed by atoms with E-state index in [-0.39, 0.29) is 20.2 Å². The third-order valence-electron chi connectivity index (χ3n) is 3.72. The van der Waals surface area contributed by atoms with Gasteiger partial charge in [0.15, 0.2) is 12.1 Å². The van der Waals surface area contributed by atoms with Crippen LogP contribution < -0.4 is 27.5 Å². The molecule has 2 rings (SSSR count). The van der Waals surface area contributed by atoms with E-state index in [9.17, 15) is 18.0 Å². The van der Waals surface area contributed by atoms with Gasteiger partial charge in [-0.2, -0.15) is 0 Å². The molecule has 0 bridgehead atoms. The Balaban J connectivity index is 2.50. The van der Waals surface area contributed by atoms with Crippen LogP contribution in [0, 0.1) is 6.92 Å². The predicted molar refractivity (Wildman–Crippen MR) is 110 cm³/mol. The molecule has 0 radical (unpaired) electrons. The lowest BCUT2D eigenvalue weighted by Gasteiger charge is -2.24. The first kappa shape index (κ1) is 22.5. The van der Waals surface area contributed by atoms with E-state index in [0.29, 0.717) is 5.69 Å². The first-order valence-electron chi connectivity index (χ1n) is 7.98. The fourth-order valence-corrected chi connectivity index (χ4v) is 5.02. The smallest absolute Gasteiger partial charge is 0.275 e. The molecule has 2 heterocycles. The molecule has 0 aromatic carbocycles. The highest BCUT2D eigenvalue weighted by Crippen LogP contribution is 2.27. The van der Waals surface area contributed by atoms with Crippen LogP contribution in [0.25, 0.3) is 0 Å². The van der Waals surface area contributed by atoms with Crippen molar-refractivity contribution in [3.05, 3.63) is 44.6 Å². The van der Waals surface area contributed by atoms with Crippen LogP contribution in [0.2, 0.25) is 4.34 Å². The summed E-state index contributed by atoms with van der Waals surface area (Å²) in [5, 5.41) is 3.36. The van der Waals surface area contributed by atoms with E-state index in [1.54, 1.807) is 6.92 Å². The minimum absolute atomic E-state index is 0.0788. The maximum Gasteiger partial charge on any atom is 0.275 e. The number of rotatable bonds is 8. The van der Waals surface area contributed by atoms with Crippen molar-refractivity contribution in [1.29, 1.82) is 0 Å². The van der Waals surface area contributed by atoms with Crippen molar-refractivity contribution in [1.82, 2.24) is 4.57 Å². The lowest BCUT2D eigenvalue weighted by molar-refractivity contribution is -0.125. The maximum absolute atomic E-state index is 13.0. The van der Waals surface area contributed by atoms with E-state index in [4.69, 9.17) is 33.6 Å². The number of nitrogens with two attached hydrogens (primary N) is 3. The number of anilines is 1. The van der Waals surface area contributed by atoms with Crippen LogP contribution in [0.3, 0.4) is 0 Å². The summed E-state index contributed by atoms with van der Waals surface area (Å²) in [6, 6.07) is 4.13. The second-order valence-electron chi connectivity index (χ2n) is 5.90. The molecular formula is C15H19ClN6O5S2. The second kappa shape index (κ2) is 8.71. The van der Waals surface area contributed by atoms with Gasteiger partial charge in [-0.15, -0.1) is 11.3 Å². The monoisotopic (exact) mass is 462 g/mol. The average molecular weight is 463 g/mol. The minimum Gasteiger partial charge on any atom is -0.387 e. The number of guanidine groups is 1. The topological polar surface area (TPSA) is 185 Å². The molecule has 158 valence electrons. The first-order chi connectivity index (χ1) is 13.4. The number of amides is 1. The van der Waals surface area contributed by atoms with E-state index in [2.05, 4.69) is 9.88 Å². The minimum atomic E-state index is -4.06. The van der Waals surface area contributed by atoms with Crippen LogP contribution in [0.1, 0.15) is 18.7 Å². The van der Waals surface area contributed by atoms with Gasteiger partial charge in [-0.05, 0) is 43.3 Å². The Kier molecular flexibility index (Phi) is 6.77. The number of hydrogen-bond donors (Lipinski definition) is 4. The molecule has 0 saturated heterocycles. The van der Waals surface area contributed by atoms with Crippen molar-refractivity contribution in [3.63, 3.8) is 0 Å². The Hall–Kier alpha value is -2.77. The van der Waals surface area contributed by atoms with Crippen LogP contribution in [-0.2, 0) is 19.7 Å². The molecule has 2 unspecified atom stereocenters. The highest BCUT2D eigenvalue weighted by molar-refractivity contribution is 7.94.